The first kappa shape index (κ1) is 20.1. The van der Waals surface area contributed by atoms with Crippen LogP contribution in [0.2, 0.25) is 0 Å². The Kier molecular flexibility index (Phi) is 6.30. The predicted molar refractivity (Wildman–Crippen MR) is 84.7 cm³/mol. The van der Waals surface area contributed by atoms with Crippen LogP contribution in [0.15, 0.2) is 0 Å². The molecule has 2 aliphatic rings. The molecule has 0 aromatic rings. The van der Waals surface area contributed by atoms with Crippen LogP contribution < -0.4 is 0 Å². The third-order valence-corrected chi connectivity index (χ3v) is 4.74. The molecule has 0 N–H and O–H groups in total. The van der Waals surface area contributed by atoms with E-state index in [1.165, 1.54) is 0 Å². The van der Waals surface area contributed by atoms with Gasteiger partial charge in [0.2, 0.25) is 13.3 Å². The Balaban J connectivity index is 2.51. The number of nitro groups is 4. The lowest BCUT2D eigenvalue weighted by molar-refractivity contribution is -0.853. The highest BCUT2D eigenvalue weighted by atomic mass is 16.7. The average molecular weight is 392 g/mol. The molecule has 16 nitrogen and oxygen atoms in total. The van der Waals surface area contributed by atoms with E-state index in [1.54, 1.807) is 0 Å². The molecule has 1 heterocycles. The summed E-state index contributed by atoms with van der Waals surface area (Å²) >= 11 is 0. The monoisotopic (exact) mass is 392 g/mol. The number of nitrogens with zero attached hydrogens (tertiary/aromatic N) is 8. The van der Waals surface area contributed by atoms with E-state index in [0.29, 0.717) is 30.7 Å². The molecule has 1 aliphatic heterocycles. The van der Waals surface area contributed by atoms with Crippen LogP contribution in [-0.2, 0) is 0 Å². The molecular weight excluding hydrogens is 372 g/mol. The number of rotatable bonds is 5. The minimum atomic E-state index is -1.62. The highest BCUT2D eigenvalue weighted by molar-refractivity contribution is 4.75. The van der Waals surface area contributed by atoms with E-state index < -0.39 is 45.6 Å². The average Bonchev–Trinajstić information content (AvgIpc) is 2.72. The molecule has 2 fully saturated rings. The second kappa shape index (κ2) is 8.45. The lowest BCUT2D eigenvalue weighted by Gasteiger charge is -2.32. The fourth-order valence-corrected chi connectivity index (χ4v) is 3.54. The molecule has 0 aromatic heterocycles. The van der Waals surface area contributed by atoms with E-state index in [9.17, 15) is 40.5 Å². The summed E-state index contributed by atoms with van der Waals surface area (Å²) in [6.07, 6.45) is 3.16. The molecule has 1 atom stereocenters. The zero-order valence-electron chi connectivity index (χ0n) is 14.4. The van der Waals surface area contributed by atoms with Crippen molar-refractivity contribution in [1.82, 2.24) is 20.3 Å². The lowest BCUT2D eigenvalue weighted by atomic mass is 9.88. The van der Waals surface area contributed by atoms with Crippen molar-refractivity contribution in [1.29, 1.82) is 0 Å². The van der Waals surface area contributed by atoms with Gasteiger partial charge in [0.15, 0.2) is 20.1 Å². The standard InChI is InChI=1S/C11H20N8O8/c20-16(21)12-8-13(17(22)23)11(10-6-4-2-1-3-5-7-10)15(19(26)27)14(9-12)18(24)25/h10-11H,1-9H2. The van der Waals surface area contributed by atoms with E-state index >= 15 is 0 Å². The van der Waals surface area contributed by atoms with Crippen LogP contribution in [0.4, 0.5) is 0 Å². The van der Waals surface area contributed by atoms with Crippen LogP contribution in [0.5, 0.6) is 0 Å². The van der Waals surface area contributed by atoms with Gasteiger partial charge >= 0.3 is 0 Å². The first-order valence-electron chi connectivity index (χ1n) is 8.39. The summed E-state index contributed by atoms with van der Waals surface area (Å²) in [4.78, 5) is 45.7. The smallest absolute Gasteiger partial charge is 0.235 e. The van der Waals surface area contributed by atoms with Crippen molar-refractivity contribution in [3.63, 3.8) is 0 Å². The fraction of sp³-hybridized carbons (Fsp3) is 1.00. The second-order valence-electron chi connectivity index (χ2n) is 6.39. The van der Waals surface area contributed by atoms with Crippen LogP contribution in [0.25, 0.3) is 0 Å². The second-order valence-corrected chi connectivity index (χ2v) is 6.39. The summed E-state index contributed by atoms with van der Waals surface area (Å²) in [5.74, 6) is -0.629. The van der Waals surface area contributed by atoms with Gasteiger partial charge in [-0.3, -0.25) is 0 Å². The molecular formula is C11H20N8O8. The topological polar surface area (TPSA) is 186 Å². The quantitative estimate of drug-likeness (QED) is 0.466. The first-order chi connectivity index (χ1) is 12.7. The van der Waals surface area contributed by atoms with Crippen LogP contribution >= 0.6 is 0 Å². The number of hydrogen-bond donors (Lipinski definition) is 0. The van der Waals surface area contributed by atoms with Crippen molar-refractivity contribution in [2.75, 3.05) is 13.3 Å². The maximum absolute atomic E-state index is 11.6. The largest absolute Gasteiger partial charge is 0.252 e. The van der Waals surface area contributed by atoms with E-state index in [1.807, 2.05) is 0 Å². The third kappa shape index (κ3) is 4.50. The van der Waals surface area contributed by atoms with Crippen molar-refractivity contribution in [2.45, 2.75) is 51.1 Å². The van der Waals surface area contributed by atoms with E-state index in [-0.39, 0.29) is 15.2 Å². The summed E-state index contributed by atoms with van der Waals surface area (Å²) in [6.45, 7) is -2.02. The highest BCUT2D eigenvalue weighted by Gasteiger charge is 2.56. The molecule has 1 saturated carbocycles. The van der Waals surface area contributed by atoms with Crippen LogP contribution in [0.1, 0.15) is 44.9 Å². The first-order valence-corrected chi connectivity index (χ1v) is 8.39. The molecule has 0 amide bonds. The maximum atomic E-state index is 11.6. The Bertz CT molecular complexity index is 597. The van der Waals surface area contributed by atoms with Gasteiger partial charge in [-0.2, -0.15) is 0 Å². The Hall–Kier alpha value is -3.20. The molecule has 1 saturated heterocycles. The van der Waals surface area contributed by atoms with Gasteiger partial charge in [0.1, 0.15) is 0 Å². The number of hydrazine groups is 5. The van der Waals surface area contributed by atoms with Crippen molar-refractivity contribution in [3.05, 3.63) is 40.5 Å². The van der Waals surface area contributed by atoms with E-state index in [4.69, 9.17) is 0 Å². The van der Waals surface area contributed by atoms with Gasteiger partial charge in [0.25, 0.3) is 6.17 Å². The van der Waals surface area contributed by atoms with Gasteiger partial charge in [0, 0.05) is 5.92 Å². The highest BCUT2D eigenvalue weighted by Crippen LogP contribution is 2.32. The Labute approximate surface area is 152 Å². The molecule has 2 rings (SSSR count). The summed E-state index contributed by atoms with van der Waals surface area (Å²) in [5, 5.41) is 42.0. The molecule has 1 unspecified atom stereocenters. The van der Waals surface area contributed by atoms with E-state index in [0.717, 1.165) is 19.3 Å². The summed E-state index contributed by atoms with van der Waals surface area (Å²) in [5.41, 5.74) is 0. The van der Waals surface area contributed by atoms with Crippen molar-refractivity contribution in [3.8, 4) is 0 Å². The third-order valence-electron chi connectivity index (χ3n) is 4.74. The molecule has 152 valence electrons. The Morgan fingerprint density at radius 3 is 1.67 bits per heavy atom. The molecule has 0 aromatic carbocycles. The van der Waals surface area contributed by atoms with Gasteiger partial charge in [-0.1, -0.05) is 42.1 Å². The lowest BCUT2D eigenvalue weighted by Crippen LogP contribution is -2.61. The molecule has 16 heteroatoms. The van der Waals surface area contributed by atoms with Gasteiger partial charge in [-0.15, -0.1) is 0 Å². The minimum absolute atomic E-state index is 0.0459. The van der Waals surface area contributed by atoms with Crippen LogP contribution in [0, 0.1) is 46.4 Å². The normalized spacial score (nSPS) is 22.6. The molecule has 0 bridgehead atoms. The molecule has 27 heavy (non-hydrogen) atoms. The SMILES string of the molecule is O=[N+]([O-])N1CN([N+](=O)[O-])C(C2CCCCCCC2)N([N+](=O)[O-])N([N+](=O)[O-])C1. The minimum Gasteiger partial charge on any atom is -0.235 e. The summed E-state index contributed by atoms with van der Waals surface area (Å²) in [6, 6.07) is 0. The van der Waals surface area contributed by atoms with Crippen molar-refractivity contribution >= 4 is 0 Å². The fourth-order valence-electron chi connectivity index (χ4n) is 3.54. The number of hydrogen-bond acceptors (Lipinski definition) is 8. The molecule has 0 spiro atoms. The van der Waals surface area contributed by atoms with E-state index in [2.05, 4.69) is 0 Å². The molecule has 0 radical (unpaired) electrons. The van der Waals surface area contributed by atoms with Crippen LogP contribution in [-0.4, -0.2) is 59.9 Å². The zero-order valence-corrected chi connectivity index (χ0v) is 14.4. The van der Waals surface area contributed by atoms with Crippen LogP contribution in [0.3, 0.4) is 0 Å². The van der Waals surface area contributed by atoms with Gasteiger partial charge in [-0.05, 0) is 12.8 Å². The van der Waals surface area contributed by atoms with Gasteiger partial charge in [0.05, 0.1) is 10.2 Å². The molecule has 1 aliphatic carbocycles. The summed E-state index contributed by atoms with van der Waals surface area (Å²) in [7, 11) is 0. The Morgan fingerprint density at radius 2 is 1.22 bits per heavy atom. The van der Waals surface area contributed by atoms with Gasteiger partial charge < -0.3 is 0 Å². The maximum Gasteiger partial charge on any atom is 0.252 e. The van der Waals surface area contributed by atoms with Gasteiger partial charge in [-0.25, -0.2) is 40.5 Å². The Morgan fingerprint density at radius 1 is 0.667 bits per heavy atom. The van der Waals surface area contributed by atoms with Crippen molar-refractivity contribution < 1.29 is 20.1 Å². The zero-order chi connectivity index (χ0) is 20.1. The van der Waals surface area contributed by atoms with Crippen molar-refractivity contribution in [2.24, 2.45) is 5.92 Å². The predicted octanol–water partition coefficient (Wildman–Crippen LogP) is 0.491. The summed E-state index contributed by atoms with van der Waals surface area (Å²) < 4.78 is 0.